The number of hydrogen-bond acceptors (Lipinski definition) is 7. The van der Waals surface area contributed by atoms with Gasteiger partial charge in [-0.2, -0.15) is 13.2 Å². The molecule has 236 valence electrons. The van der Waals surface area contributed by atoms with E-state index in [4.69, 9.17) is 14.2 Å². The summed E-state index contributed by atoms with van der Waals surface area (Å²) in [6, 6.07) is 13.0. The summed E-state index contributed by atoms with van der Waals surface area (Å²) in [6.07, 6.45) is -0.992. The van der Waals surface area contributed by atoms with Gasteiger partial charge in [-0.3, -0.25) is 14.6 Å². The van der Waals surface area contributed by atoms with Crippen molar-refractivity contribution in [2.24, 2.45) is 5.92 Å². The molecular weight excluding hydrogens is 596 g/mol. The summed E-state index contributed by atoms with van der Waals surface area (Å²) in [6.45, 7) is 2.15. The Morgan fingerprint density at radius 2 is 1.76 bits per heavy atom. The van der Waals surface area contributed by atoms with Gasteiger partial charge in [0.15, 0.2) is 23.1 Å². The molecule has 0 saturated carbocycles. The Hall–Kier alpha value is -4.91. The second-order valence-electron chi connectivity index (χ2n) is 10.4. The molecule has 0 aliphatic carbocycles. The van der Waals surface area contributed by atoms with E-state index >= 15 is 4.39 Å². The number of pyridine rings is 1. The van der Waals surface area contributed by atoms with E-state index in [-0.39, 0.29) is 23.5 Å². The van der Waals surface area contributed by atoms with Crippen LogP contribution in [0.5, 0.6) is 23.0 Å². The molecule has 1 aliphatic rings. The molecule has 3 aromatic carbocycles. The number of hydrogen-bond donors (Lipinski definition) is 3. The monoisotopic (exact) mass is 626 g/mol. The van der Waals surface area contributed by atoms with E-state index in [0.717, 1.165) is 44.1 Å². The van der Waals surface area contributed by atoms with Gasteiger partial charge >= 0.3 is 18.0 Å². The van der Waals surface area contributed by atoms with Gasteiger partial charge in [-0.15, -0.1) is 0 Å². The Labute approximate surface area is 255 Å². The van der Waals surface area contributed by atoms with Crippen LogP contribution in [-0.4, -0.2) is 43.6 Å². The van der Waals surface area contributed by atoms with Crippen LogP contribution in [0.25, 0.3) is 10.9 Å². The number of amides is 2. The van der Waals surface area contributed by atoms with Crippen LogP contribution in [0.4, 0.5) is 23.2 Å². The van der Waals surface area contributed by atoms with Crippen molar-refractivity contribution in [2.75, 3.05) is 32.1 Å². The summed E-state index contributed by atoms with van der Waals surface area (Å²) < 4.78 is 71.3. The highest BCUT2D eigenvalue weighted by Gasteiger charge is 2.30. The summed E-state index contributed by atoms with van der Waals surface area (Å²) in [5.41, 5.74) is -0.285. The molecule has 0 unspecified atom stereocenters. The van der Waals surface area contributed by atoms with Crippen LogP contribution < -0.4 is 30.2 Å². The van der Waals surface area contributed by atoms with Gasteiger partial charge in [0.05, 0.1) is 19.3 Å². The molecule has 1 fully saturated rings. The maximum absolute atomic E-state index is 15.0. The number of carbonyl (C=O) groups excluding carboxylic acids is 2. The van der Waals surface area contributed by atoms with E-state index in [1.807, 2.05) is 0 Å². The fourth-order valence-corrected chi connectivity index (χ4v) is 4.89. The van der Waals surface area contributed by atoms with E-state index in [1.54, 1.807) is 18.2 Å². The molecule has 0 spiro atoms. The van der Waals surface area contributed by atoms with E-state index < -0.39 is 29.4 Å². The molecule has 0 bridgehead atoms. The Morgan fingerprint density at radius 1 is 0.978 bits per heavy atom. The maximum Gasteiger partial charge on any atom is 0.416 e. The second kappa shape index (κ2) is 13.8. The number of nitrogens with one attached hydrogen (secondary N) is 3. The lowest BCUT2D eigenvalue weighted by Gasteiger charge is -2.23. The van der Waals surface area contributed by atoms with Crippen LogP contribution in [0, 0.1) is 11.7 Å². The van der Waals surface area contributed by atoms with Crippen LogP contribution in [0.1, 0.15) is 24.0 Å². The van der Waals surface area contributed by atoms with Crippen molar-refractivity contribution in [3.05, 3.63) is 83.8 Å². The SMILES string of the molecule is COc1c(OCC2CCNCC2)ccc2c(Oc3ccc(NC(=O)C(=O)NCc4cccc(C(F)(F)F)c4)cc3F)ccnc12. The minimum atomic E-state index is -4.54. The Bertz CT molecular complexity index is 1690. The molecule has 2 amide bonds. The van der Waals surface area contributed by atoms with Gasteiger partial charge < -0.3 is 30.2 Å². The third-order valence-corrected chi connectivity index (χ3v) is 7.25. The van der Waals surface area contributed by atoms with Crippen molar-refractivity contribution in [1.29, 1.82) is 0 Å². The first-order chi connectivity index (χ1) is 21.6. The molecule has 4 aromatic rings. The minimum Gasteiger partial charge on any atom is -0.491 e. The highest BCUT2D eigenvalue weighted by molar-refractivity contribution is 6.39. The van der Waals surface area contributed by atoms with Crippen LogP contribution in [0.3, 0.4) is 0 Å². The van der Waals surface area contributed by atoms with E-state index in [0.29, 0.717) is 40.7 Å². The predicted molar refractivity (Wildman–Crippen MR) is 158 cm³/mol. The fraction of sp³-hybridized carbons (Fsp3) is 0.281. The number of fused-ring (bicyclic) bond motifs is 1. The molecule has 1 aliphatic heterocycles. The standard InChI is InChI=1S/C32H30F4N4O5/c1-43-29-27(44-18-19-9-12-37-13-10-19)8-6-23-25(11-14-38-28(23)29)45-26-7-5-22(16-24(26)33)40-31(42)30(41)39-17-20-3-2-4-21(15-20)32(34,35)36/h2-8,11,14-16,19,37H,9-10,12-13,17-18H2,1H3,(H,39,41)(H,40,42). The summed E-state index contributed by atoms with van der Waals surface area (Å²) in [4.78, 5) is 29.0. The van der Waals surface area contributed by atoms with Crippen LogP contribution in [0.15, 0.2) is 66.9 Å². The molecule has 9 nitrogen and oxygen atoms in total. The third kappa shape index (κ3) is 7.79. The first kappa shape index (κ1) is 31.5. The lowest BCUT2D eigenvalue weighted by molar-refractivity contribution is -0.137. The summed E-state index contributed by atoms with van der Waals surface area (Å²) in [5, 5.41) is 8.39. The largest absolute Gasteiger partial charge is 0.491 e. The van der Waals surface area contributed by atoms with Gasteiger partial charge in [0, 0.05) is 29.9 Å². The highest BCUT2D eigenvalue weighted by Crippen LogP contribution is 2.40. The third-order valence-electron chi connectivity index (χ3n) is 7.25. The Balaban J connectivity index is 1.23. The Kier molecular flexibility index (Phi) is 9.67. The first-order valence-electron chi connectivity index (χ1n) is 14.1. The molecule has 2 heterocycles. The molecule has 0 radical (unpaired) electrons. The predicted octanol–water partition coefficient (Wildman–Crippen LogP) is 5.83. The lowest BCUT2D eigenvalue weighted by Crippen LogP contribution is -2.35. The van der Waals surface area contributed by atoms with E-state index in [9.17, 15) is 22.8 Å². The quantitative estimate of drug-likeness (QED) is 0.159. The van der Waals surface area contributed by atoms with Gasteiger partial charge in [0.25, 0.3) is 0 Å². The molecule has 0 atom stereocenters. The number of piperidine rings is 1. The molecule has 1 aromatic heterocycles. The number of benzene rings is 3. The van der Waals surface area contributed by atoms with Gasteiger partial charge in [-0.25, -0.2) is 4.39 Å². The zero-order chi connectivity index (χ0) is 32.0. The number of anilines is 1. The van der Waals surface area contributed by atoms with Gasteiger partial charge in [-0.05, 0) is 79.9 Å². The van der Waals surface area contributed by atoms with Crippen molar-refractivity contribution >= 4 is 28.4 Å². The maximum atomic E-state index is 15.0. The summed E-state index contributed by atoms with van der Waals surface area (Å²) >= 11 is 0. The van der Waals surface area contributed by atoms with Gasteiger partial charge in [-0.1, -0.05) is 12.1 Å². The summed E-state index contributed by atoms with van der Waals surface area (Å²) in [7, 11) is 1.51. The van der Waals surface area contributed by atoms with Crippen molar-refractivity contribution in [3.8, 4) is 23.0 Å². The average Bonchev–Trinajstić information content (AvgIpc) is 3.03. The molecule has 1 saturated heterocycles. The number of rotatable bonds is 9. The zero-order valence-corrected chi connectivity index (χ0v) is 24.2. The number of nitrogens with zero attached hydrogens (tertiary/aromatic N) is 1. The van der Waals surface area contributed by atoms with Crippen molar-refractivity contribution < 1.29 is 41.4 Å². The van der Waals surface area contributed by atoms with Crippen molar-refractivity contribution in [2.45, 2.75) is 25.6 Å². The zero-order valence-electron chi connectivity index (χ0n) is 24.2. The molecular formula is C32H30F4N4O5. The smallest absolute Gasteiger partial charge is 0.416 e. The van der Waals surface area contributed by atoms with Crippen LogP contribution in [0.2, 0.25) is 0 Å². The van der Waals surface area contributed by atoms with Crippen molar-refractivity contribution in [3.63, 3.8) is 0 Å². The second-order valence-corrected chi connectivity index (χ2v) is 10.4. The molecule has 45 heavy (non-hydrogen) atoms. The van der Waals surface area contributed by atoms with Crippen LogP contribution >= 0.6 is 0 Å². The minimum absolute atomic E-state index is 0.0316. The number of aromatic nitrogens is 1. The fourth-order valence-electron chi connectivity index (χ4n) is 4.89. The normalized spacial score (nSPS) is 13.7. The van der Waals surface area contributed by atoms with E-state index in [1.165, 1.54) is 37.6 Å². The van der Waals surface area contributed by atoms with E-state index in [2.05, 4.69) is 20.9 Å². The summed E-state index contributed by atoms with van der Waals surface area (Å²) in [5.74, 6) is -1.51. The van der Waals surface area contributed by atoms with Gasteiger partial charge in [0.2, 0.25) is 0 Å². The average molecular weight is 627 g/mol. The van der Waals surface area contributed by atoms with Gasteiger partial charge in [0.1, 0.15) is 11.3 Å². The molecule has 13 heteroatoms. The number of halogens is 4. The lowest BCUT2D eigenvalue weighted by atomic mass is 9.99. The Morgan fingerprint density at radius 3 is 2.49 bits per heavy atom. The number of alkyl halides is 3. The number of ether oxygens (including phenoxy) is 3. The topological polar surface area (TPSA) is 111 Å². The molecule has 5 rings (SSSR count). The first-order valence-corrected chi connectivity index (χ1v) is 14.1. The number of methoxy groups -OCH3 is 1. The van der Waals surface area contributed by atoms with Crippen LogP contribution in [-0.2, 0) is 22.3 Å². The number of carbonyl (C=O) groups is 2. The van der Waals surface area contributed by atoms with Crippen molar-refractivity contribution in [1.82, 2.24) is 15.6 Å². The highest BCUT2D eigenvalue weighted by atomic mass is 19.4. The molecule has 3 N–H and O–H groups in total.